The Labute approximate surface area is 97.3 Å². The molecule has 1 saturated carbocycles. The molecule has 2 N–H and O–H groups in total. The highest BCUT2D eigenvalue weighted by Crippen LogP contribution is 2.23. The van der Waals surface area contributed by atoms with Crippen LogP contribution in [0.5, 0.6) is 0 Å². The molecule has 0 aromatic carbocycles. The second kappa shape index (κ2) is 6.61. The minimum atomic E-state index is -3.09. The number of rotatable bonds is 6. The molecule has 0 bridgehead atoms. The molecule has 1 rings (SSSR count). The predicted molar refractivity (Wildman–Crippen MR) is 60.0 cm³/mol. The second-order valence-corrected chi connectivity index (χ2v) is 5.39. The molecule has 16 heavy (non-hydrogen) atoms. The van der Waals surface area contributed by atoms with Crippen molar-refractivity contribution in [2.24, 2.45) is 5.92 Å². The number of alkyl halides is 2. The van der Waals surface area contributed by atoms with Crippen LogP contribution in [0.3, 0.4) is 0 Å². The number of halogens is 2. The van der Waals surface area contributed by atoms with Crippen LogP contribution in [0.25, 0.3) is 0 Å². The van der Waals surface area contributed by atoms with Gasteiger partial charge in [0.1, 0.15) is 5.75 Å². The Morgan fingerprint density at radius 1 is 1.31 bits per heavy atom. The quantitative estimate of drug-likeness (QED) is 0.714. The summed E-state index contributed by atoms with van der Waals surface area (Å²) in [7, 11) is 0. The third-order valence-corrected chi connectivity index (χ3v) is 3.55. The molecule has 3 nitrogen and oxygen atoms in total. The van der Waals surface area contributed by atoms with Crippen LogP contribution in [0, 0.1) is 5.92 Å². The van der Waals surface area contributed by atoms with Crippen molar-refractivity contribution in [3.8, 4) is 0 Å². The minimum absolute atomic E-state index is 0.490. The van der Waals surface area contributed by atoms with Crippen LogP contribution in [0.15, 0.2) is 0 Å². The van der Waals surface area contributed by atoms with E-state index in [-0.39, 0.29) is 0 Å². The van der Waals surface area contributed by atoms with E-state index < -0.39 is 29.3 Å². The first-order chi connectivity index (χ1) is 7.49. The summed E-state index contributed by atoms with van der Waals surface area (Å²) in [4.78, 5) is 0. The molecule has 0 saturated heterocycles. The summed E-state index contributed by atoms with van der Waals surface area (Å²) in [5.41, 5.74) is 0. The van der Waals surface area contributed by atoms with Crippen LogP contribution in [0.4, 0.5) is 8.78 Å². The van der Waals surface area contributed by atoms with E-state index in [1.807, 2.05) is 0 Å². The Kier molecular flexibility index (Phi) is 5.78. The first-order valence-corrected chi connectivity index (χ1v) is 6.93. The summed E-state index contributed by atoms with van der Waals surface area (Å²) in [5, 5.41) is 2.71. The molecule has 1 unspecified atom stereocenters. The lowest BCUT2D eigenvalue weighted by molar-refractivity contribution is 0.0249. The van der Waals surface area contributed by atoms with Crippen molar-refractivity contribution in [3.63, 3.8) is 0 Å². The van der Waals surface area contributed by atoms with Crippen LogP contribution >= 0.6 is 0 Å². The van der Waals surface area contributed by atoms with Gasteiger partial charge < -0.3 is 9.87 Å². The van der Waals surface area contributed by atoms with Gasteiger partial charge in [-0.3, -0.25) is 0 Å². The minimum Gasteiger partial charge on any atom is -0.311 e. The fourth-order valence-electron chi connectivity index (χ4n) is 2.08. The van der Waals surface area contributed by atoms with Crippen LogP contribution in [0.1, 0.15) is 32.1 Å². The van der Waals surface area contributed by atoms with Crippen molar-refractivity contribution in [1.29, 1.82) is 0 Å². The first kappa shape index (κ1) is 14.0. The van der Waals surface area contributed by atoms with Crippen molar-refractivity contribution in [1.82, 2.24) is 5.32 Å². The van der Waals surface area contributed by atoms with Crippen LogP contribution in [-0.2, 0) is 11.1 Å². The van der Waals surface area contributed by atoms with Crippen molar-refractivity contribution in [2.45, 2.75) is 38.0 Å². The summed E-state index contributed by atoms with van der Waals surface area (Å²) < 4.78 is 44.7. The van der Waals surface area contributed by atoms with E-state index in [0.29, 0.717) is 12.5 Å². The number of hydrogen-bond acceptors (Lipinski definition) is 2. The average Bonchev–Trinajstić information content (AvgIpc) is 2.16. The molecular formula is C10H19F2NO2S. The molecule has 0 heterocycles. The van der Waals surface area contributed by atoms with Gasteiger partial charge in [-0.25, -0.2) is 13.0 Å². The summed E-state index contributed by atoms with van der Waals surface area (Å²) in [6.45, 7) is 0.0868. The van der Waals surface area contributed by atoms with Gasteiger partial charge in [0.15, 0.2) is 11.1 Å². The van der Waals surface area contributed by atoms with Crippen molar-refractivity contribution < 1.29 is 17.5 Å². The summed E-state index contributed by atoms with van der Waals surface area (Å²) in [6, 6.07) is 0. The number of hydrogen-bond donors (Lipinski definition) is 2. The third-order valence-electron chi connectivity index (χ3n) is 2.88. The van der Waals surface area contributed by atoms with E-state index in [9.17, 15) is 13.0 Å². The standard InChI is InChI=1S/C10H19F2NO2S/c11-10(12,8-16(14)15)7-13-6-9-4-2-1-3-5-9/h9,13H,1-8H2,(H,14,15). The Morgan fingerprint density at radius 3 is 2.50 bits per heavy atom. The molecule has 0 aliphatic heterocycles. The fraction of sp³-hybridized carbons (Fsp3) is 1.00. The Balaban J connectivity index is 2.15. The lowest BCUT2D eigenvalue weighted by Gasteiger charge is -2.23. The molecule has 1 atom stereocenters. The van der Waals surface area contributed by atoms with Crippen molar-refractivity contribution in [2.75, 3.05) is 18.8 Å². The molecule has 96 valence electrons. The van der Waals surface area contributed by atoms with Crippen molar-refractivity contribution in [3.05, 3.63) is 0 Å². The van der Waals surface area contributed by atoms with Gasteiger partial charge in [0, 0.05) is 0 Å². The molecule has 0 spiro atoms. The van der Waals surface area contributed by atoms with Gasteiger partial charge in [0.2, 0.25) is 0 Å². The predicted octanol–water partition coefficient (Wildman–Crippen LogP) is 2.01. The second-order valence-electron chi connectivity index (χ2n) is 4.46. The van der Waals surface area contributed by atoms with Crippen LogP contribution in [-0.4, -0.2) is 33.5 Å². The topological polar surface area (TPSA) is 49.3 Å². The van der Waals surface area contributed by atoms with Gasteiger partial charge in [-0.2, -0.15) is 0 Å². The third kappa shape index (κ3) is 5.86. The maximum absolute atomic E-state index is 13.0. The van der Waals surface area contributed by atoms with Gasteiger partial charge in [-0.05, 0) is 25.3 Å². The average molecular weight is 255 g/mol. The van der Waals surface area contributed by atoms with E-state index in [2.05, 4.69) is 5.32 Å². The SMILES string of the molecule is O=S(O)CC(F)(F)CNCC1CCCCC1. The molecule has 1 aliphatic rings. The van der Waals surface area contributed by atoms with Crippen molar-refractivity contribution >= 4 is 11.1 Å². The summed E-state index contributed by atoms with van der Waals surface area (Å²) in [5.74, 6) is -3.58. The molecule has 0 aromatic rings. The molecule has 0 aromatic heterocycles. The van der Waals surface area contributed by atoms with Crippen LogP contribution < -0.4 is 5.32 Å². The Bertz CT molecular complexity index is 233. The zero-order valence-electron chi connectivity index (χ0n) is 9.25. The van der Waals surface area contributed by atoms with E-state index in [0.717, 1.165) is 12.8 Å². The maximum atomic E-state index is 13.0. The Hall–Kier alpha value is -0.0700. The lowest BCUT2D eigenvalue weighted by atomic mass is 9.89. The highest BCUT2D eigenvalue weighted by Gasteiger charge is 2.31. The molecule has 0 amide bonds. The summed E-state index contributed by atoms with van der Waals surface area (Å²) >= 11 is -2.43. The zero-order chi connectivity index (χ0) is 12.0. The van der Waals surface area contributed by atoms with Gasteiger partial charge in [-0.15, -0.1) is 0 Å². The van der Waals surface area contributed by atoms with Crippen LogP contribution in [0.2, 0.25) is 0 Å². The normalized spacial score (nSPS) is 20.9. The van der Waals surface area contributed by atoms with Gasteiger partial charge >= 0.3 is 0 Å². The smallest absolute Gasteiger partial charge is 0.273 e. The number of nitrogens with one attached hydrogen (secondary N) is 1. The zero-order valence-corrected chi connectivity index (χ0v) is 10.1. The molecular weight excluding hydrogens is 236 g/mol. The maximum Gasteiger partial charge on any atom is 0.273 e. The van der Waals surface area contributed by atoms with E-state index in [1.165, 1.54) is 19.3 Å². The highest BCUT2D eigenvalue weighted by molar-refractivity contribution is 7.79. The lowest BCUT2D eigenvalue weighted by Crippen LogP contribution is -2.39. The summed E-state index contributed by atoms with van der Waals surface area (Å²) in [6.07, 6.45) is 5.82. The monoisotopic (exact) mass is 255 g/mol. The van der Waals surface area contributed by atoms with Gasteiger partial charge in [0.05, 0.1) is 6.54 Å². The van der Waals surface area contributed by atoms with E-state index in [4.69, 9.17) is 4.55 Å². The Morgan fingerprint density at radius 2 is 1.94 bits per heavy atom. The molecule has 1 aliphatic carbocycles. The fourth-order valence-corrected chi connectivity index (χ4v) is 2.55. The molecule has 1 fully saturated rings. The molecule has 0 radical (unpaired) electrons. The first-order valence-electron chi connectivity index (χ1n) is 5.65. The largest absolute Gasteiger partial charge is 0.311 e. The molecule has 6 heteroatoms. The van der Waals surface area contributed by atoms with Gasteiger partial charge in [0.25, 0.3) is 5.92 Å². The van der Waals surface area contributed by atoms with Gasteiger partial charge in [-0.1, -0.05) is 19.3 Å². The van der Waals surface area contributed by atoms with E-state index in [1.54, 1.807) is 0 Å². The highest BCUT2D eigenvalue weighted by atomic mass is 32.2. The van der Waals surface area contributed by atoms with E-state index >= 15 is 0 Å².